The number of sulfonamides is 1. The van der Waals surface area contributed by atoms with Crippen LogP contribution in [0.2, 0.25) is 0 Å². The number of hydrogen-bond donors (Lipinski definition) is 3. The quantitative estimate of drug-likeness (QED) is 0.407. The average molecular weight is 474 g/mol. The predicted molar refractivity (Wildman–Crippen MR) is 127 cm³/mol. The van der Waals surface area contributed by atoms with Crippen molar-refractivity contribution in [1.29, 1.82) is 0 Å². The number of aryl methyl sites for hydroxylation is 1. The molecule has 1 heterocycles. The summed E-state index contributed by atoms with van der Waals surface area (Å²) >= 11 is 1.24. The van der Waals surface area contributed by atoms with Gasteiger partial charge in [0, 0.05) is 17.3 Å². The molecule has 10 heteroatoms. The number of nitrogens with zero attached hydrogens (tertiary/aromatic N) is 2. The standard InChI is InChI=1S/C22H27N5O3S2/c1-5-16-6-8-17(9-7-16)20-24-22(26-25-20)31-15(4)21(28)23-18-10-12-19(13-11-18)32(29,30)27-14(2)3/h6-15,27H,5H2,1-4H3,(H,23,28)(H,24,25,26). The summed E-state index contributed by atoms with van der Waals surface area (Å²) in [6, 6.07) is 13.9. The maximum atomic E-state index is 12.6. The van der Waals surface area contributed by atoms with Crippen LogP contribution >= 0.6 is 11.8 Å². The highest BCUT2D eigenvalue weighted by Gasteiger charge is 2.19. The first kappa shape index (κ1) is 24.0. The second-order valence-electron chi connectivity index (χ2n) is 7.57. The molecule has 0 aliphatic heterocycles. The number of amides is 1. The van der Waals surface area contributed by atoms with Gasteiger partial charge in [-0.25, -0.2) is 18.1 Å². The van der Waals surface area contributed by atoms with Crippen LogP contribution < -0.4 is 10.0 Å². The monoisotopic (exact) mass is 473 g/mol. The summed E-state index contributed by atoms with van der Waals surface area (Å²) in [5.74, 6) is 0.416. The van der Waals surface area contributed by atoms with Crippen molar-refractivity contribution in [3.63, 3.8) is 0 Å². The summed E-state index contributed by atoms with van der Waals surface area (Å²) in [7, 11) is -3.57. The molecule has 8 nitrogen and oxygen atoms in total. The highest BCUT2D eigenvalue weighted by Crippen LogP contribution is 2.24. The van der Waals surface area contributed by atoms with E-state index in [0.717, 1.165) is 12.0 Å². The van der Waals surface area contributed by atoms with Gasteiger partial charge in [0.1, 0.15) is 0 Å². The van der Waals surface area contributed by atoms with E-state index in [-0.39, 0.29) is 16.8 Å². The molecular weight excluding hydrogens is 446 g/mol. The number of anilines is 1. The molecule has 0 aliphatic carbocycles. The lowest BCUT2D eigenvalue weighted by atomic mass is 10.1. The minimum absolute atomic E-state index is 0.145. The summed E-state index contributed by atoms with van der Waals surface area (Å²) in [4.78, 5) is 17.2. The van der Waals surface area contributed by atoms with Gasteiger partial charge < -0.3 is 5.32 Å². The highest BCUT2D eigenvalue weighted by atomic mass is 32.2. The molecule has 0 fully saturated rings. The van der Waals surface area contributed by atoms with E-state index < -0.39 is 15.3 Å². The summed E-state index contributed by atoms with van der Waals surface area (Å²) in [6.45, 7) is 7.37. The van der Waals surface area contributed by atoms with E-state index in [0.29, 0.717) is 16.7 Å². The molecule has 1 atom stereocenters. The Balaban J connectivity index is 1.60. The minimum Gasteiger partial charge on any atom is -0.325 e. The van der Waals surface area contributed by atoms with Crippen molar-refractivity contribution < 1.29 is 13.2 Å². The van der Waals surface area contributed by atoms with Crippen molar-refractivity contribution in [2.45, 2.75) is 55.5 Å². The van der Waals surface area contributed by atoms with Crippen LogP contribution in [0.4, 0.5) is 5.69 Å². The van der Waals surface area contributed by atoms with Gasteiger partial charge in [-0.3, -0.25) is 9.89 Å². The third-order valence-electron chi connectivity index (χ3n) is 4.57. The third-order valence-corrected chi connectivity index (χ3v) is 7.21. The van der Waals surface area contributed by atoms with E-state index in [1.807, 2.05) is 12.1 Å². The lowest BCUT2D eigenvalue weighted by Crippen LogP contribution is -2.30. The number of carbonyl (C=O) groups excluding carboxylic acids is 1. The number of carbonyl (C=O) groups is 1. The van der Waals surface area contributed by atoms with Gasteiger partial charge in [0.05, 0.1) is 10.1 Å². The number of hydrogen-bond acceptors (Lipinski definition) is 6. The summed E-state index contributed by atoms with van der Waals surface area (Å²) in [5.41, 5.74) is 2.69. The number of benzene rings is 2. The Morgan fingerprint density at radius 1 is 1.06 bits per heavy atom. The first-order valence-electron chi connectivity index (χ1n) is 10.3. The van der Waals surface area contributed by atoms with Gasteiger partial charge in [-0.1, -0.05) is 43.0 Å². The smallest absolute Gasteiger partial charge is 0.240 e. The van der Waals surface area contributed by atoms with Crippen LogP contribution in [-0.4, -0.2) is 40.8 Å². The summed E-state index contributed by atoms with van der Waals surface area (Å²) < 4.78 is 26.9. The molecule has 32 heavy (non-hydrogen) atoms. The van der Waals surface area contributed by atoms with Crippen molar-refractivity contribution >= 4 is 33.4 Å². The fraction of sp³-hybridized carbons (Fsp3) is 0.318. The molecule has 170 valence electrons. The average Bonchev–Trinajstić information content (AvgIpc) is 3.21. The first-order valence-corrected chi connectivity index (χ1v) is 12.7. The molecule has 0 saturated carbocycles. The van der Waals surface area contributed by atoms with Crippen LogP contribution in [0.15, 0.2) is 58.6 Å². The van der Waals surface area contributed by atoms with Crippen LogP contribution in [0.3, 0.4) is 0 Å². The van der Waals surface area contributed by atoms with Crippen molar-refractivity contribution in [1.82, 2.24) is 19.9 Å². The van der Waals surface area contributed by atoms with E-state index in [9.17, 15) is 13.2 Å². The number of H-pyrrole nitrogens is 1. The van der Waals surface area contributed by atoms with Gasteiger partial charge in [-0.2, -0.15) is 0 Å². The normalized spacial score (nSPS) is 12.7. The highest BCUT2D eigenvalue weighted by molar-refractivity contribution is 8.00. The fourth-order valence-corrected chi connectivity index (χ4v) is 4.85. The van der Waals surface area contributed by atoms with Crippen LogP contribution in [0.1, 0.15) is 33.3 Å². The summed E-state index contributed by atoms with van der Waals surface area (Å²) in [5, 5.41) is 9.93. The summed E-state index contributed by atoms with van der Waals surface area (Å²) in [6.07, 6.45) is 0.970. The van der Waals surface area contributed by atoms with Crippen LogP contribution in [-0.2, 0) is 21.2 Å². The lowest BCUT2D eigenvalue weighted by molar-refractivity contribution is -0.115. The predicted octanol–water partition coefficient (Wildman–Crippen LogP) is 3.84. The molecule has 0 saturated heterocycles. The van der Waals surface area contributed by atoms with E-state index in [2.05, 4.69) is 44.3 Å². The second kappa shape index (κ2) is 10.3. The first-order chi connectivity index (χ1) is 15.2. The van der Waals surface area contributed by atoms with Crippen LogP contribution in [0.5, 0.6) is 0 Å². The Kier molecular flexibility index (Phi) is 7.70. The zero-order valence-electron chi connectivity index (χ0n) is 18.4. The largest absolute Gasteiger partial charge is 0.325 e. The second-order valence-corrected chi connectivity index (χ2v) is 10.6. The Hall–Kier alpha value is -2.69. The molecule has 1 amide bonds. The zero-order chi connectivity index (χ0) is 23.3. The Bertz CT molecular complexity index is 1160. The molecule has 3 aromatic rings. The number of aromatic amines is 1. The van der Waals surface area contributed by atoms with E-state index in [4.69, 9.17) is 0 Å². The van der Waals surface area contributed by atoms with Crippen molar-refractivity contribution in [2.24, 2.45) is 0 Å². The van der Waals surface area contributed by atoms with Gasteiger partial charge in [-0.05, 0) is 57.0 Å². The van der Waals surface area contributed by atoms with Crippen molar-refractivity contribution in [3.05, 3.63) is 54.1 Å². The minimum atomic E-state index is -3.57. The Labute approximate surface area is 192 Å². The van der Waals surface area contributed by atoms with Crippen LogP contribution in [0, 0.1) is 0 Å². The third kappa shape index (κ3) is 6.18. The van der Waals surface area contributed by atoms with Gasteiger partial charge in [0.2, 0.25) is 21.1 Å². The lowest BCUT2D eigenvalue weighted by Gasteiger charge is -2.12. The van der Waals surface area contributed by atoms with E-state index >= 15 is 0 Å². The fourth-order valence-electron chi connectivity index (χ4n) is 2.88. The molecule has 0 aliphatic rings. The zero-order valence-corrected chi connectivity index (χ0v) is 20.0. The molecule has 2 aromatic carbocycles. The molecule has 0 spiro atoms. The van der Waals surface area contributed by atoms with E-state index in [1.54, 1.807) is 32.9 Å². The van der Waals surface area contributed by atoms with Gasteiger partial charge >= 0.3 is 0 Å². The molecular formula is C22H27N5O3S2. The SMILES string of the molecule is CCc1ccc(-c2nc(SC(C)C(=O)Nc3ccc(S(=O)(=O)NC(C)C)cc3)n[nH]2)cc1. The Morgan fingerprint density at radius 3 is 2.31 bits per heavy atom. The van der Waals surface area contributed by atoms with Gasteiger partial charge in [0.15, 0.2) is 5.82 Å². The molecule has 0 radical (unpaired) electrons. The molecule has 3 rings (SSSR count). The molecule has 1 unspecified atom stereocenters. The van der Waals surface area contributed by atoms with Crippen LogP contribution in [0.25, 0.3) is 11.4 Å². The maximum Gasteiger partial charge on any atom is 0.240 e. The maximum absolute atomic E-state index is 12.6. The number of rotatable bonds is 9. The number of thioether (sulfide) groups is 1. The molecule has 1 aromatic heterocycles. The van der Waals surface area contributed by atoms with Crippen molar-refractivity contribution in [2.75, 3.05) is 5.32 Å². The van der Waals surface area contributed by atoms with Gasteiger partial charge in [-0.15, -0.1) is 5.10 Å². The molecule has 0 bridgehead atoms. The topological polar surface area (TPSA) is 117 Å². The molecule has 3 N–H and O–H groups in total. The van der Waals surface area contributed by atoms with Gasteiger partial charge in [0.25, 0.3) is 0 Å². The van der Waals surface area contributed by atoms with Crippen molar-refractivity contribution in [3.8, 4) is 11.4 Å². The number of aromatic nitrogens is 3. The Morgan fingerprint density at radius 2 is 1.72 bits per heavy atom. The number of nitrogens with one attached hydrogen (secondary N) is 3. The van der Waals surface area contributed by atoms with E-state index in [1.165, 1.54) is 29.5 Å².